The Kier molecular flexibility index (Phi) is 4.50. The summed E-state index contributed by atoms with van der Waals surface area (Å²) in [5.41, 5.74) is 0.111. The highest BCUT2D eigenvalue weighted by molar-refractivity contribution is 6.02. The molecule has 17 heavy (non-hydrogen) atoms. The summed E-state index contributed by atoms with van der Waals surface area (Å²) in [6.45, 7) is 5.25. The molecule has 0 amide bonds. The molecule has 92 valence electrons. The molecular weight excluding hydrogens is 226 g/mol. The molecule has 0 aliphatic rings. The number of carbonyl (C=O) groups excluding carboxylic acids is 2. The van der Waals surface area contributed by atoms with Crippen LogP contribution in [0.5, 0.6) is 0 Å². The normalized spacial score (nSPS) is 9.82. The second-order valence-corrected chi connectivity index (χ2v) is 3.04. The number of hydrogen-bond acceptors (Lipinski definition) is 7. The average molecular weight is 239 g/mol. The highest BCUT2D eigenvalue weighted by Gasteiger charge is 2.24. The van der Waals surface area contributed by atoms with Gasteiger partial charge >= 0.3 is 11.9 Å². The molecule has 1 aromatic rings. The van der Waals surface area contributed by atoms with Gasteiger partial charge in [0.15, 0.2) is 5.69 Å². The Morgan fingerprint density at radius 3 is 2.24 bits per heavy atom. The first-order valence-electron chi connectivity index (χ1n) is 5.16. The van der Waals surface area contributed by atoms with Gasteiger partial charge in [0.1, 0.15) is 5.56 Å². The number of hydrogen-bond donors (Lipinski definition) is 0. The number of carbonyl (C=O) groups is 2. The smallest absolute Gasteiger partial charge is 0.359 e. The van der Waals surface area contributed by atoms with Gasteiger partial charge in [-0.3, -0.25) is 0 Å². The number of ether oxygens (including phenoxy) is 2. The summed E-state index contributed by atoms with van der Waals surface area (Å²) in [4.78, 5) is 23.2. The molecule has 0 aliphatic heterocycles. The second-order valence-electron chi connectivity index (χ2n) is 3.04. The minimum absolute atomic E-state index is 0.000278. The van der Waals surface area contributed by atoms with Crippen LogP contribution in [0.25, 0.3) is 0 Å². The molecule has 0 atom stereocenters. The molecule has 0 N–H and O–H groups in total. The monoisotopic (exact) mass is 239 g/mol. The van der Waals surface area contributed by atoms with E-state index in [0.717, 1.165) is 0 Å². The van der Waals surface area contributed by atoms with Crippen molar-refractivity contribution in [3.05, 3.63) is 17.0 Å². The number of rotatable bonds is 4. The van der Waals surface area contributed by atoms with Crippen molar-refractivity contribution >= 4 is 11.9 Å². The van der Waals surface area contributed by atoms with Gasteiger partial charge < -0.3 is 9.47 Å². The standard InChI is InChI=1S/C10H13N3O4/c1-4-16-9(14)7-6(3)11-13-12-8(7)10(15)17-5-2/h4-5H2,1-3H3. The number of nitrogens with zero attached hydrogens (tertiary/aromatic N) is 3. The maximum atomic E-state index is 11.7. The van der Waals surface area contributed by atoms with Crippen molar-refractivity contribution < 1.29 is 19.1 Å². The molecule has 0 saturated carbocycles. The summed E-state index contributed by atoms with van der Waals surface area (Å²) >= 11 is 0. The molecule has 7 heteroatoms. The molecule has 0 radical (unpaired) electrons. The first-order valence-corrected chi connectivity index (χ1v) is 5.16. The second kappa shape index (κ2) is 5.88. The Morgan fingerprint density at radius 1 is 1.06 bits per heavy atom. The van der Waals surface area contributed by atoms with Crippen molar-refractivity contribution in [3.63, 3.8) is 0 Å². The van der Waals surface area contributed by atoms with Crippen molar-refractivity contribution in [3.8, 4) is 0 Å². The molecule has 0 aliphatic carbocycles. The fraction of sp³-hybridized carbons (Fsp3) is 0.500. The third-order valence-electron chi connectivity index (χ3n) is 1.89. The van der Waals surface area contributed by atoms with Gasteiger partial charge in [0.2, 0.25) is 0 Å². The van der Waals surface area contributed by atoms with Crippen LogP contribution in [-0.2, 0) is 9.47 Å². The largest absolute Gasteiger partial charge is 0.462 e. The van der Waals surface area contributed by atoms with Gasteiger partial charge in [-0.05, 0) is 26.0 Å². The van der Waals surface area contributed by atoms with Gasteiger partial charge in [-0.15, -0.1) is 10.2 Å². The Labute approximate surface area is 98.1 Å². The summed E-state index contributed by atoms with van der Waals surface area (Å²) < 4.78 is 9.60. The van der Waals surface area contributed by atoms with Gasteiger partial charge in [0.25, 0.3) is 0 Å². The molecule has 7 nitrogen and oxygen atoms in total. The van der Waals surface area contributed by atoms with Crippen LogP contribution in [0, 0.1) is 6.92 Å². The third kappa shape index (κ3) is 2.96. The third-order valence-corrected chi connectivity index (χ3v) is 1.89. The van der Waals surface area contributed by atoms with E-state index in [9.17, 15) is 9.59 Å². The predicted octanol–water partition coefficient (Wildman–Crippen LogP) is 0.533. The van der Waals surface area contributed by atoms with Crippen molar-refractivity contribution in [2.75, 3.05) is 13.2 Å². The maximum absolute atomic E-state index is 11.7. The molecular formula is C10H13N3O4. The van der Waals surface area contributed by atoms with Crippen molar-refractivity contribution in [1.82, 2.24) is 15.4 Å². The zero-order chi connectivity index (χ0) is 12.8. The lowest BCUT2D eigenvalue weighted by Gasteiger charge is -2.07. The van der Waals surface area contributed by atoms with Crippen LogP contribution in [0.15, 0.2) is 0 Å². The SMILES string of the molecule is CCOC(=O)c1nnnc(C)c1C(=O)OCC. The van der Waals surface area contributed by atoms with E-state index in [1.807, 2.05) is 0 Å². The lowest BCUT2D eigenvalue weighted by molar-refractivity contribution is 0.0469. The van der Waals surface area contributed by atoms with Crippen LogP contribution >= 0.6 is 0 Å². The Morgan fingerprint density at radius 2 is 1.65 bits per heavy atom. The summed E-state index contributed by atoms with van der Waals surface area (Å²) in [7, 11) is 0. The van der Waals surface area contributed by atoms with Crippen LogP contribution < -0.4 is 0 Å². The summed E-state index contributed by atoms with van der Waals surface area (Å²) in [6, 6.07) is 0. The lowest BCUT2D eigenvalue weighted by Crippen LogP contribution is -2.19. The Balaban J connectivity index is 3.17. The predicted molar refractivity (Wildman–Crippen MR) is 56.5 cm³/mol. The van der Waals surface area contributed by atoms with Crippen LogP contribution in [-0.4, -0.2) is 40.6 Å². The minimum Gasteiger partial charge on any atom is -0.462 e. The molecule has 1 rings (SSSR count). The zero-order valence-electron chi connectivity index (χ0n) is 9.89. The minimum atomic E-state index is -0.714. The highest BCUT2D eigenvalue weighted by atomic mass is 16.5. The molecule has 0 bridgehead atoms. The van der Waals surface area contributed by atoms with Crippen LogP contribution in [0.1, 0.15) is 40.4 Å². The van der Waals surface area contributed by atoms with Crippen molar-refractivity contribution in [2.45, 2.75) is 20.8 Å². The average Bonchev–Trinajstić information content (AvgIpc) is 2.29. The van der Waals surface area contributed by atoms with Crippen molar-refractivity contribution in [1.29, 1.82) is 0 Å². The Hall–Kier alpha value is -2.05. The van der Waals surface area contributed by atoms with E-state index in [4.69, 9.17) is 9.47 Å². The fourth-order valence-corrected chi connectivity index (χ4v) is 1.20. The van der Waals surface area contributed by atoms with E-state index in [-0.39, 0.29) is 30.2 Å². The number of esters is 2. The molecule has 0 spiro atoms. The molecule has 0 saturated heterocycles. The van der Waals surface area contributed by atoms with E-state index in [1.165, 1.54) is 0 Å². The highest BCUT2D eigenvalue weighted by Crippen LogP contribution is 2.11. The molecule has 0 aromatic carbocycles. The molecule has 1 aromatic heterocycles. The number of aryl methyl sites for hydroxylation is 1. The van der Waals surface area contributed by atoms with Gasteiger partial charge in [-0.25, -0.2) is 9.59 Å². The van der Waals surface area contributed by atoms with Crippen molar-refractivity contribution in [2.24, 2.45) is 0 Å². The topological polar surface area (TPSA) is 91.3 Å². The quantitative estimate of drug-likeness (QED) is 0.708. The summed E-state index contributed by atoms with van der Waals surface area (Å²) in [5, 5.41) is 10.5. The van der Waals surface area contributed by atoms with E-state index in [1.54, 1.807) is 20.8 Å². The van der Waals surface area contributed by atoms with Gasteiger partial charge in [-0.2, -0.15) is 0 Å². The van der Waals surface area contributed by atoms with Gasteiger partial charge in [0, 0.05) is 0 Å². The van der Waals surface area contributed by atoms with Crippen LogP contribution in [0.2, 0.25) is 0 Å². The van der Waals surface area contributed by atoms with E-state index in [0.29, 0.717) is 0 Å². The maximum Gasteiger partial charge on any atom is 0.359 e. The Bertz CT molecular complexity index is 434. The molecule has 0 fully saturated rings. The molecule has 1 heterocycles. The van der Waals surface area contributed by atoms with Gasteiger partial charge in [0.05, 0.1) is 18.9 Å². The molecule has 0 unspecified atom stereocenters. The van der Waals surface area contributed by atoms with E-state index < -0.39 is 11.9 Å². The van der Waals surface area contributed by atoms with Gasteiger partial charge in [-0.1, -0.05) is 0 Å². The van der Waals surface area contributed by atoms with E-state index in [2.05, 4.69) is 15.4 Å². The number of aromatic nitrogens is 3. The van der Waals surface area contributed by atoms with Crippen LogP contribution in [0.4, 0.5) is 0 Å². The lowest BCUT2D eigenvalue weighted by atomic mass is 10.2. The zero-order valence-corrected chi connectivity index (χ0v) is 9.89. The summed E-state index contributed by atoms with van der Waals surface area (Å²) in [5.74, 6) is -1.37. The van der Waals surface area contributed by atoms with E-state index >= 15 is 0 Å². The summed E-state index contributed by atoms with van der Waals surface area (Å²) in [6.07, 6.45) is 0. The fourth-order valence-electron chi connectivity index (χ4n) is 1.20. The van der Waals surface area contributed by atoms with Crippen LogP contribution in [0.3, 0.4) is 0 Å². The first kappa shape index (κ1) is 13.0. The first-order chi connectivity index (χ1) is 8.11.